The van der Waals surface area contributed by atoms with E-state index in [2.05, 4.69) is 15.2 Å². The van der Waals surface area contributed by atoms with E-state index in [-0.39, 0.29) is 11.7 Å². The van der Waals surface area contributed by atoms with Gasteiger partial charge in [0.05, 0.1) is 23.0 Å². The number of hydrogen-bond acceptors (Lipinski definition) is 5. The van der Waals surface area contributed by atoms with Gasteiger partial charge in [0, 0.05) is 36.4 Å². The third-order valence-electron chi connectivity index (χ3n) is 6.21. The van der Waals surface area contributed by atoms with Crippen molar-refractivity contribution >= 4 is 26.8 Å². The Hall–Kier alpha value is -2.69. The third-order valence-corrected chi connectivity index (χ3v) is 8.17. The maximum Gasteiger partial charge on any atom is 0.250 e. The first-order valence-electron chi connectivity index (χ1n) is 10.8. The van der Waals surface area contributed by atoms with E-state index in [9.17, 15) is 13.2 Å². The summed E-state index contributed by atoms with van der Waals surface area (Å²) in [5, 5.41) is 7.75. The number of nitrogens with zero attached hydrogens (tertiary/aromatic N) is 3. The molecule has 0 spiro atoms. The normalized spacial score (nSPS) is 16.2. The van der Waals surface area contributed by atoms with Gasteiger partial charge in [-0.05, 0) is 69.1 Å². The molecule has 0 bridgehead atoms. The molecular weight excluding hydrogens is 428 g/mol. The molecule has 4 N–H and O–H groups in total. The standard InChI is InChI=1S/C22H30N6O3S/c1-27(2)6-3-9-32(30,31)28-7-4-15(5-8-28)20-14-24-21-18(20)10-16(11-19(21)22(23)29)17-12-25-26-13-17/h10-15,24H,3-9H2,1-2H3,(H2,23,29)(H,25,26). The third kappa shape index (κ3) is 4.57. The Kier molecular flexibility index (Phi) is 6.36. The monoisotopic (exact) mass is 458 g/mol. The highest BCUT2D eigenvalue weighted by molar-refractivity contribution is 7.89. The topological polar surface area (TPSA) is 128 Å². The summed E-state index contributed by atoms with van der Waals surface area (Å²) in [6.07, 6.45) is 7.52. The molecule has 172 valence electrons. The van der Waals surface area contributed by atoms with Crippen LogP contribution in [-0.2, 0) is 10.0 Å². The van der Waals surface area contributed by atoms with E-state index < -0.39 is 15.9 Å². The maximum absolute atomic E-state index is 12.7. The molecule has 0 unspecified atom stereocenters. The van der Waals surface area contributed by atoms with E-state index >= 15 is 0 Å². The predicted octanol–water partition coefficient (Wildman–Crippen LogP) is 2.12. The first kappa shape index (κ1) is 22.5. The van der Waals surface area contributed by atoms with Crippen molar-refractivity contribution in [2.45, 2.75) is 25.2 Å². The van der Waals surface area contributed by atoms with Crippen LogP contribution in [0.2, 0.25) is 0 Å². The van der Waals surface area contributed by atoms with Gasteiger partial charge in [-0.1, -0.05) is 0 Å². The SMILES string of the molecule is CN(C)CCCS(=O)(=O)N1CCC(c2c[nH]c3c(C(N)=O)cc(-c4cn[nH]c4)cc23)CC1. The van der Waals surface area contributed by atoms with Crippen molar-refractivity contribution in [1.82, 2.24) is 24.4 Å². The molecule has 4 rings (SSSR count). The minimum Gasteiger partial charge on any atom is -0.366 e. The molecule has 0 saturated carbocycles. The van der Waals surface area contributed by atoms with Crippen molar-refractivity contribution in [2.75, 3.05) is 39.5 Å². The van der Waals surface area contributed by atoms with Gasteiger partial charge in [0.2, 0.25) is 10.0 Å². The van der Waals surface area contributed by atoms with Crippen LogP contribution in [0, 0.1) is 0 Å². The number of H-pyrrole nitrogens is 2. The molecule has 3 heterocycles. The number of piperidine rings is 1. The number of aromatic nitrogens is 3. The number of fused-ring (bicyclic) bond motifs is 1. The number of aromatic amines is 2. The molecule has 3 aromatic rings. The second kappa shape index (κ2) is 9.05. The Balaban J connectivity index is 1.56. The number of amides is 1. The fourth-order valence-electron chi connectivity index (χ4n) is 4.50. The maximum atomic E-state index is 12.7. The summed E-state index contributed by atoms with van der Waals surface area (Å²) in [4.78, 5) is 17.3. The molecule has 0 atom stereocenters. The summed E-state index contributed by atoms with van der Waals surface area (Å²) in [5.41, 5.74) is 9.65. The van der Waals surface area contributed by atoms with Crippen LogP contribution in [0.4, 0.5) is 0 Å². The molecular formula is C22H30N6O3S. The van der Waals surface area contributed by atoms with E-state index in [4.69, 9.17) is 5.73 Å². The minimum absolute atomic E-state index is 0.180. The summed E-state index contributed by atoms with van der Waals surface area (Å²) in [6.45, 7) is 1.77. The zero-order valence-corrected chi connectivity index (χ0v) is 19.3. The van der Waals surface area contributed by atoms with Crippen LogP contribution in [0.25, 0.3) is 22.0 Å². The molecule has 1 saturated heterocycles. The fraction of sp³-hybridized carbons (Fsp3) is 0.455. The van der Waals surface area contributed by atoms with Crippen molar-refractivity contribution in [3.8, 4) is 11.1 Å². The predicted molar refractivity (Wildman–Crippen MR) is 125 cm³/mol. The Bertz CT molecular complexity index is 1190. The Labute approximate surface area is 188 Å². The second-order valence-electron chi connectivity index (χ2n) is 8.69. The van der Waals surface area contributed by atoms with Gasteiger partial charge in [0.1, 0.15) is 0 Å². The number of rotatable bonds is 8. The van der Waals surface area contributed by atoms with Crippen LogP contribution in [-0.4, -0.2) is 78.2 Å². The summed E-state index contributed by atoms with van der Waals surface area (Å²) in [5.74, 6) is -0.108. The van der Waals surface area contributed by atoms with Crippen LogP contribution < -0.4 is 5.73 Å². The minimum atomic E-state index is -3.24. The lowest BCUT2D eigenvalue weighted by atomic mass is 9.88. The van der Waals surface area contributed by atoms with Crippen molar-refractivity contribution in [3.63, 3.8) is 0 Å². The lowest BCUT2D eigenvalue weighted by Crippen LogP contribution is -2.39. The fourth-order valence-corrected chi connectivity index (χ4v) is 6.02. The van der Waals surface area contributed by atoms with Crippen molar-refractivity contribution in [3.05, 3.63) is 41.9 Å². The zero-order valence-electron chi connectivity index (χ0n) is 18.5. The average molecular weight is 459 g/mol. The van der Waals surface area contributed by atoms with E-state index in [1.807, 2.05) is 31.3 Å². The number of nitrogens with one attached hydrogen (secondary N) is 2. The molecule has 1 amide bonds. The van der Waals surface area contributed by atoms with Gasteiger partial charge >= 0.3 is 0 Å². The van der Waals surface area contributed by atoms with Gasteiger partial charge in [-0.2, -0.15) is 5.10 Å². The Morgan fingerprint density at radius 1 is 1.22 bits per heavy atom. The quantitative estimate of drug-likeness (QED) is 0.476. The first-order valence-corrected chi connectivity index (χ1v) is 12.4. The number of nitrogens with two attached hydrogens (primary N) is 1. The summed E-state index contributed by atoms with van der Waals surface area (Å²) in [6, 6.07) is 3.82. The summed E-state index contributed by atoms with van der Waals surface area (Å²) in [7, 11) is 0.650. The number of primary amides is 1. The Morgan fingerprint density at radius 2 is 1.97 bits per heavy atom. The van der Waals surface area contributed by atoms with E-state index in [0.717, 1.165) is 47.0 Å². The molecule has 10 heteroatoms. The Morgan fingerprint density at radius 3 is 2.59 bits per heavy atom. The van der Waals surface area contributed by atoms with Gasteiger partial charge in [-0.3, -0.25) is 9.89 Å². The number of hydrogen-bond donors (Lipinski definition) is 3. The summed E-state index contributed by atoms with van der Waals surface area (Å²) >= 11 is 0. The van der Waals surface area contributed by atoms with Crippen LogP contribution >= 0.6 is 0 Å². The highest BCUT2D eigenvalue weighted by Crippen LogP contribution is 2.37. The number of benzene rings is 1. The average Bonchev–Trinajstić information content (AvgIpc) is 3.42. The lowest BCUT2D eigenvalue weighted by Gasteiger charge is -2.31. The van der Waals surface area contributed by atoms with Gasteiger partial charge in [-0.25, -0.2) is 12.7 Å². The van der Waals surface area contributed by atoms with Crippen LogP contribution in [0.5, 0.6) is 0 Å². The van der Waals surface area contributed by atoms with Crippen LogP contribution in [0.3, 0.4) is 0 Å². The molecule has 9 nitrogen and oxygen atoms in total. The van der Waals surface area contributed by atoms with Crippen molar-refractivity contribution in [1.29, 1.82) is 0 Å². The van der Waals surface area contributed by atoms with E-state index in [1.165, 1.54) is 0 Å². The molecule has 1 fully saturated rings. The molecule has 1 aromatic carbocycles. The molecule has 1 aliphatic heterocycles. The van der Waals surface area contributed by atoms with Crippen LogP contribution in [0.1, 0.15) is 41.1 Å². The highest BCUT2D eigenvalue weighted by Gasteiger charge is 2.30. The molecule has 2 aromatic heterocycles. The van der Waals surface area contributed by atoms with E-state index in [0.29, 0.717) is 25.1 Å². The molecule has 1 aliphatic rings. The number of carbonyl (C=O) groups excluding carboxylic acids is 1. The first-order chi connectivity index (χ1) is 15.3. The van der Waals surface area contributed by atoms with Gasteiger partial charge in [0.15, 0.2) is 0 Å². The molecule has 0 aliphatic carbocycles. The van der Waals surface area contributed by atoms with Crippen molar-refractivity contribution in [2.24, 2.45) is 5.73 Å². The van der Waals surface area contributed by atoms with Crippen molar-refractivity contribution < 1.29 is 13.2 Å². The van der Waals surface area contributed by atoms with Gasteiger partial charge in [0.25, 0.3) is 5.91 Å². The molecule has 0 radical (unpaired) electrons. The lowest BCUT2D eigenvalue weighted by molar-refractivity contribution is 0.100. The van der Waals surface area contributed by atoms with Crippen LogP contribution in [0.15, 0.2) is 30.7 Å². The number of carbonyl (C=O) groups is 1. The second-order valence-corrected chi connectivity index (χ2v) is 10.8. The number of sulfonamides is 1. The smallest absolute Gasteiger partial charge is 0.250 e. The largest absolute Gasteiger partial charge is 0.366 e. The summed E-state index contributed by atoms with van der Waals surface area (Å²) < 4.78 is 27.0. The van der Waals surface area contributed by atoms with Gasteiger partial charge in [-0.15, -0.1) is 0 Å². The highest BCUT2D eigenvalue weighted by atomic mass is 32.2. The van der Waals surface area contributed by atoms with E-state index in [1.54, 1.807) is 22.8 Å². The zero-order chi connectivity index (χ0) is 22.9. The molecule has 32 heavy (non-hydrogen) atoms. The van der Waals surface area contributed by atoms with Gasteiger partial charge < -0.3 is 15.6 Å².